The number of nitrogens with one attached hydrogen (secondary N) is 2. The van der Waals surface area contributed by atoms with Crippen molar-refractivity contribution in [2.45, 2.75) is 13.0 Å². The van der Waals surface area contributed by atoms with Crippen LogP contribution in [0.5, 0.6) is 11.5 Å². The van der Waals surface area contributed by atoms with Gasteiger partial charge in [-0.3, -0.25) is 9.27 Å². The summed E-state index contributed by atoms with van der Waals surface area (Å²) in [4.78, 5) is 0. The molecule has 0 spiro atoms. The van der Waals surface area contributed by atoms with Gasteiger partial charge < -0.3 is 10.1 Å². The maximum Gasteiger partial charge on any atom is 0.259 e. The molecule has 0 aliphatic rings. The lowest BCUT2D eigenvalue weighted by Gasteiger charge is -2.09. The van der Waals surface area contributed by atoms with Gasteiger partial charge in [0.15, 0.2) is 0 Å². The molecule has 5 nitrogen and oxygen atoms in total. The van der Waals surface area contributed by atoms with Crippen LogP contribution in [0.1, 0.15) is 11.1 Å². The van der Waals surface area contributed by atoms with Gasteiger partial charge in [0, 0.05) is 12.2 Å². The van der Waals surface area contributed by atoms with E-state index in [4.69, 9.17) is 9.29 Å². The van der Waals surface area contributed by atoms with Crippen LogP contribution in [0.2, 0.25) is 0 Å². The fourth-order valence-corrected chi connectivity index (χ4v) is 2.99. The topological polar surface area (TPSA) is 70.6 Å². The highest BCUT2D eigenvalue weighted by atomic mass is 32.2. The molecule has 0 bridgehead atoms. The van der Waals surface area contributed by atoms with Crippen LogP contribution < -0.4 is 14.8 Å². The molecule has 1 unspecified atom stereocenters. The second-order valence-corrected chi connectivity index (χ2v) is 6.74. The van der Waals surface area contributed by atoms with Crippen molar-refractivity contribution in [2.75, 3.05) is 11.3 Å². The lowest BCUT2D eigenvalue weighted by Crippen LogP contribution is -2.16. The lowest BCUT2D eigenvalue weighted by molar-refractivity contribution is 0.481. The number of hydrogen-bond acceptors (Lipinski definition) is 3. The van der Waals surface area contributed by atoms with Crippen molar-refractivity contribution in [1.82, 2.24) is 5.32 Å². The zero-order chi connectivity index (χ0) is 18.9. The SMILES string of the molecule is O=S(O)Nc1ccc(CCNCc2cccc(Oc3ccccc3)c2)cc1. The zero-order valence-corrected chi connectivity index (χ0v) is 15.6. The largest absolute Gasteiger partial charge is 0.457 e. The average Bonchev–Trinajstić information content (AvgIpc) is 2.67. The molecule has 3 aromatic carbocycles. The number of rotatable bonds is 9. The number of hydrogen-bond donors (Lipinski definition) is 3. The van der Waals surface area contributed by atoms with E-state index in [-0.39, 0.29) is 0 Å². The van der Waals surface area contributed by atoms with Crippen LogP contribution in [-0.4, -0.2) is 15.3 Å². The highest BCUT2D eigenvalue weighted by Gasteiger charge is 2.00. The molecule has 0 fully saturated rings. The molecule has 140 valence electrons. The molecule has 0 aliphatic carbocycles. The minimum atomic E-state index is -2.04. The Morgan fingerprint density at radius 3 is 2.33 bits per heavy atom. The van der Waals surface area contributed by atoms with Crippen molar-refractivity contribution >= 4 is 17.0 Å². The van der Waals surface area contributed by atoms with Crippen molar-refractivity contribution < 1.29 is 13.5 Å². The van der Waals surface area contributed by atoms with E-state index in [0.717, 1.165) is 42.1 Å². The summed E-state index contributed by atoms with van der Waals surface area (Å²) in [5.41, 5.74) is 2.95. The first-order chi connectivity index (χ1) is 13.2. The summed E-state index contributed by atoms with van der Waals surface area (Å²) in [6, 6.07) is 25.3. The van der Waals surface area contributed by atoms with Gasteiger partial charge in [0.1, 0.15) is 11.5 Å². The van der Waals surface area contributed by atoms with E-state index in [1.165, 1.54) is 0 Å². The molecule has 0 amide bonds. The molecule has 0 heterocycles. The Kier molecular flexibility index (Phi) is 6.98. The van der Waals surface area contributed by atoms with Gasteiger partial charge >= 0.3 is 0 Å². The molecule has 0 aromatic heterocycles. The Bertz CT molecular complexity index is 870. The van der Waals surface area contributed by atoms with Crippen LogP contribution in [0.3, 0.4) is 0 Å². The van der Waals surface area contributed by atoms with Gasteiger partial charge in [0.05, 0.1) is 0 Å². The lowest BCUT2D eigenvalue weighted by atomic mass is 10.1. The average molecular weight is 382 g/mol. The van der Waals surface area contributed by atoms with Gasteiger partial charge in [0.2, 0.25) is 0 Å². The van der Waals surface area contributed by atoms with Crippen LogP contribution in [0, 0.1) is 0 Å². The first kappa shape index (κ1) is 19.1. The second-order valence-electron chi connectivity index (χ2n) is 6.04. The van der Waals surface area contributed by atoms with Gasteiger partial charge in [-0.15, -0.1) is 0 Å². The van der Waals surface area contributed by atoms with E-state index in [2.05, 4.69) is 16.1 Å². The van der Waals surface area contributed by atoms with Crippen LogP contribution >= 0.6 is 0 Å². The van der Waals surface area contributed by atoms with Gasteiger partial charge in [0.25, 0.3) is 11.3 Å². The molecule has 0 saturated heterocycles. The third-order valence-corrected chi connectivity index (χ3v) is 4.37. The molecule has 1 atom stereocenters. The molecule has 3 aromatic rings. The minimum absolute atomic E-state index is 0.628. The number of ether oxygens (including phenoxy) is 1. The fourth-order valence-electron chi connectivity index (χ4n) is 2.65. The van der Waals surface area contributed by atoms with Crippen molar-refractivity contribution in [1.29, 1.82) is 0 Å². The highest BCUT2D eigenvalue weighted by molar-refractivity contribution is 7.80. The van der Waals surface area contributed by atoms with E-state index >= 15 is 0 Å². The number of anilines is 1. The van der Waals surface area contributed by atoms with Crippen molar-refractivity contribution in [2.24, 2.45) is 0 Å². The summed E-state index contributed by atoms with van der Waals surface area (Å²) in [6.45, 7) is 1.59. The molecule has 3 rings (SSSR count). The molecule has 3 N–H and O–H groups in total. The number of benzene rings is 3. The van der Waals surface area contributed by atoms with Crippen molar-refractivity contribution in [3.05, 3.63) is 90.0 Å². The molecule has 27 heavy (non-hydrogen) atoms. The van der Waals surface area contributed by atoms with Crippen LogP contribution in [0.4, 0.5) is 5.69 Å². The van der Waals surface area contributed by atoms with E-state index in [1.807, 2.05) is 60.7 Å². The maximum atomic E-state index is 10.7. The van der Waals surface area contributed by atoms with Crippen LogP contribution in [0.25, 0.3) is 0 Å². The smallest absolute Gasteiger partial charge is 0.259 e. The Balaban J connectivity index is 1.45. The van der Waals surface area contributed by atoms with Crippen molar-refractivity contribution in [3.8, 4) is 11.5 Å². The predicted octanol–water partition coefficient (Wildman–Crippen LogP) is 4.36. The van der Waals surface area contributed by atoms with Gasteiger partial charge in [-0.2, -0.15) is 0 Å². The summed E-state index contributed by atoms with van der Waals surface area (Å²) in [5, 5.41) is 3.43. The van der Waals surface area contributed by atoms with Crippen LogP contribution in [0.15, 0.2) is 78.9 Å². The third-order valence-electron chi connectivity index (χ3n) is 3.96. The van der Waals surface area contributed by atoms with Crippen molar-refractivity contribution in [3.63, 3.8) is 0 Å². The molecule has 6 heteroatoms. The molecule has 0 aliphatic heterocycles. The highest BCUT2D eigenvalue weighted by Crippen LogP contribution is 2.21. The molecule has 0 radical (unpaired) electrons. The van der Waals surface area contributed by atoms with Crippen LogP contribution in [-0.2, 0) is 24.2 Å². The van der Waals surface area contributed by atoms with E-state index in [0.29, 0.717) is 5.69 Å². The predicted molar refractivity (Wildman–Crippen MR) is 109 cm³/mol. The Morgan fingerprint density at radius 2 is 1.59 bits per heavy atom. The molecule has 0 saturated carbocycles. The van der Waals surface area contributed by atoms with E-state index < -0.39 is 11.3 Å². The van der Waals surface area contributed by atoms with Gasteiger partial charge in [-0.1, -0.05) is 42.5 Å². The monoisotopic (exact) mass is 382 g/mol. The van der Waals surface area contributed by atoms with E-state index in [9.17, 15) is 4.21 Å². The Hall–Kier alpha value is -2.67. The summed E-state index contributed by atoms with van der Waals surface area (Å²) in [6.07, 6.45) is 0.878. The minimum Gasteiger partial charge on any atom is -0.457 e. The first-order valence-electron chi connectivity index (χ1n) is 8.68. The standard InChI is InChI=1S/C21H22N2O3S/c24-27(25)23-19-11-9-17(10-12-19)13-14-22-16-18-5-4-8-21(15-18)26-20-6-2-1-3-7-20/h1-12,15,22-23H,13-14,16H2,(H,24,25). The van der Waals surface area contributed by atoms with Gasteiger partial charge in [-0.05, 0) is 60.5 Å². The van der Waals surface area contributed by atoms with Gasteiger partial charge in [-0.25, -0.2) is 4.21 Å². The molecular weight excluding hydrogens is 360 g/mol. The number of para-hydroxylation sites is 1. The summed E-state index contributed by atoms with van der Waals surface area (Å²) in [7, 11) is 0. The summed E-state index contributed by atoms with van der Waals surface area (Å²) < 4.78 is 27.8. The summed E-state index contributed by atoms with van der Waals surface area (Å²) in [5.74, 6) is 1.65. The quantitative estimate of drug-likeness (QED) is 0.380. The zero-order valence-electron chi connectivity index (χ0n) is 14.8. The Labute approximate surface area is 161 Å². The normalized spacial score (nSPS) is 11.7. The third kappa shape index (κ3) is 6.53. The molecular formula is C21H22N2O3S. The fraction of sp³-hybridized carbons (Fsp3) is 0.143. The van der Waals surface area contributed by atoms with E-state index in [1.54, 1.807) is 12.1 Å². The second kappa shape index (κ2) is 9.87. The maximum absolute atomic E-state index is 10.7. The first-order valence-corrected chi connectivity index (χ1v) is 9.79. The summed E-state index contributed by atoms with van der Waals surface area (Å²) >= 11 is -2.04. The Morgan fingerprint density at radius 1 is 0.852 bits per heavy atom.